The van der Waals surface area contributed by atoms with Crippen molar-refractivity contribution in [1.29, 1.82) is 0 Å². The molecule has 0 bridgehead atoms. The van der Waals surface area contributed by atoms with Gasteiger partial charge in [0.25, 0.3) is 0 Å². The first-order valence-electron chi connectivity index (χ1n) is 9.89. The van der Waals surface area contributed by atoms with Crippen molar-refractivity contribution in [1.82, 2.24) is 15.0 Å². The second-order valence-corrected chi connectivity index (χ2v) is 6.71. The predicted molar refractivity (Wildman–Crippen MR) is 115 cm³/mol. The van der Waals surface area contributed by atoms with Crippen molar-refractivity contribution in [2.75, 3.05) is 34.5 Å². The molecule has 9 heteroatoms. The molecule has 0 saturated heterocycles. The van der Waals surface area contributed by atoms with Crippen molar-refractivity contribution in [3.8, 4) is 28.5 Å². The van der Waals surface area contributed by atoms with E-state index in [9.17, 15) is 4.79 Å². The van der Waals surface area contributed by atoms with E-state index in [1.807, 2.05) is 13.8 Å². The van der Waals surface area contributed by atoms with Crippen LogP contribution >= 0.6 is 0 Å². The third kappa shape index (κ3) is 4.19. The average molecular weight is 429 g/mol. The fourth-order valence-corrected chi connectivity index (χ4v) is 3.40. The lowest BCUT2D eigenvalue weighted by Gasteiger charge is -2.27. The minimum atomic E-state index is -1.41. The second kappa shape index (κ2) is 9.32. The number of H-pyrrole nitrogens is 1. The van der Waals surface area contributed by atoms with Gasteiger partial charge in [-0.2, -0.15) is 0 Å². The van der Waals surface area contributed by atoms with Gasteiger partial charge in [0.1, 0.15) is 5.52 Å². The molecule has 3 rings (SSSR count). The summed E-state index contributed by atoms with van der Waals surface area (Å²) in [5.41, 5.74) is 2.47. The number of hydrogen-bond acceptors (Lipinski definition) is 8. The Morgan fingerprint density at radius 1 is 1.03 bits per heavy atom. The number of rotatable bonds is 10. The first-order valence-corrected chi connectivity index (χ1v) is 9.89. The summed E-state index contributed by atoms with van der Waals surface area (Å²) in [6.45, 7) is 5.88. The van der Waals surface area contributed by atoms with E-state index in [4.69, 9.17) is 23.7 Å². The zero-order valence-corrected chi connectivity index (χ0v) is 18.6. The zero-order valence-electron chi connectivity index (χ0n) is 18.6. The Bertz CT molecular complexity index is 1050. The number of aromatic amines is 1. The largest absolute Gasteiger partial charge is 0.493 e. The van der Waals surface area contributed by atoms with Crippen molar-refractivity contribution in [3.05, 3.63) is 30.1 Å². The van der Waals surface area contributed by atoms with Crippen molar-refractivity contribution in [2.24, 2.45) is 0 Å². The van der Waals surface area contributed by atoms with E-state index < -0.39 is 5.79 Å². The van der Waals surface area contributed by atoms with Crippen LogP contribution < -0.4 is 14.2 Å². The number of hydrogen-bond donors (Lipinski definition) is 1. The van der Waals surface area contributed by atoms with Gasteiger partial charge in [-0.25, -0.2) is 9.97 Å². The van der Waals surface area contributed by atoms with E-state index in [1.165, 1.54) is 7.11 Å². The third-order valence-corrected chi connectivity index (χ3v) is 4.84. The summed E-state index contributed by atoms with van der Waals surface area (Å²) < 4.78 is 27.5. The molecule has 0 spiro atoms. The van der Waals surface area contributed by atoms with Crippen LogP contribution in [-0.4, -0.2) is 61.1 Å². The molecule has 0 aliphatic carbocycles. The van der Waals surface area contributed by atoms with Gasteiger partial charge in [-0.1, -0.05) is 0 Å². The molecule has 0 unspecified atom stereocenters. The van der Waals surface area contributed by atoms with Gasteiger partial charge in [-0.05, 0) is 32.9 Å². The van der Waals surface area contributed by atoms with E-state index in [2.05, 4.69) is 15.0 Å². The summed E-state index contributed by atoms with van der Waals surface area (Å²) in [5.74, 6) is -0.292. The molecule has 0 saturated carbocycles. The Kier molecular flexibility index (Phi) is 6.77. The molecular formula is C22H27N3O6. The summed E-state index contributed by atoms with van der Waals surface area (Å²) in [6, 6.07) is 3.55. The second-order valence-electron chi connectivity index (χ2n) is 6.71. The molecule has 3 aromatic rings. The van der Waals surface area contributed by atoms with E-state index in [0.717, 1.165) is 0 Å². The summed E-state index contributed by atoms with van der Waals surface area (Å²) in [6.07, 6.45) is 3.18. The van der Waals surface area contributed by atoms with E-state index in [1.54, 1.807) is 45.7 Å². The number of carbonyl (C=O) groups excluding carboxylic acids is 1. The normalized spacial score (nSPS) is 11.5. The minimum absolute atomic E-state index is 0.326. The molecule has 0 fully saturated rings. The summed E-state index contributed by atoms with van der Waals surface area (Å²) in [7, 11) is 4.62. The number of benzene rings is 1. The number of Topliss-reactive ketones (excluding diaryl/α,β-unsaturated/α-hetero) is 1. The first kappa shape index (κ1) is 22.5. The molecule has 1 N–H and O–H groups in total. The fourth-order valence-electron chi connectivity index (χ4n) is 3.40. The molecule has 31 heavy (non-hydrogen) atoms. The average Bonchev–Trinajstić information content (AvgIpc) is 3.20. The smallest absolute Gasteiger partial charge is 0.230 e. The Hall–Kier alpha value is -3.17. The molecule has 0 aliphatic rings. The van der Waals surface area contributed by atoms with Crippen LogP contribution in [0, 0.1) is 0 Å². The lowest BCUT2D eigenvalue weighted by Crippen LogP contribution is -2.41. The van der Waals surface area contributed by atoms with E-state index >= 15 is 0 Å². The number of methoxy groups -OCH3 is 3. The highest BCUT2D eigenvalue weighted by Gasteiger charge is 2.37. The van der Waals surface area contributed by atoms with Gasteiger partial charge in [0, 0.05) is 25.0 Å². The number of ketones is 1. The summed E-state index contributed by atoms with van der Waals surface area (Å²) >= 11 is 0. The van der Waals surface area contributed by atoms with E-state index in [-0.39, 0.29) is 5.78 Å². The Labute approximate surface area is 180 Å². The number of nitrogens with one attached hydrogen (secondary N) is 1. The zero-order chi connectivity index (χ0) is 22.6. The number of fused-ring (bicyclic) bond motifs is 1. The number of ether oxygens (including phenoxy) is 5. The number of nitrogens with zero attached hydrogens (tertiary/aromatic N) is 2. The predicted octanol–water partition coefficient (Wildman–Crippen LogP) is 3.62. The van der Waals surface area contributed by atoms with Crippen LogP contribution in [0.5, 0.6) is 17.2 Å². The third-order valence-electron chi connectivity index (χ3n) is 4.84. The Morgan fingerprint density at radius 3 is 2.16 bits per heavy atom. The van der Waals surface area contributed by atoms with Gasteiger partial charge in [-0.15, -0.1) is 0 Å². The van der Waals surface area contributed by atoms with Crippen molar-refractivity contribution < 1.29 is 28.5 Å². The highest BCUT2D eigenvalue weighted by Crippen LogP contribution is 2.41. The molecule has 0 radical (unpaired) electrons. The van der Waals surface area contributed by atoms with Crippen LogP contribution in [0.1, 0.15) is 31.1 Å². The number of carbonyl (C=O) groups is 1. The van der Waals surface area contributed by atoms with Crippen molar-refractivity contribution in [3.63, 3.8) is 0 Å². The molecular weight excluding hydrogens is 402 g/mol. The van der Waals surface area contributed by atoms with Crippen molar-refractivity contribution >= 4 is 16.9 Å². The van der Waals surface area contributed by atoms with Crippen LogP contribution in [0.2, 0.25) is 0 Å². The lowest BCUT2D eigenvalue weighted by atomic mass is 10.1. The van der Waals surface area contributed by atoms with Crippen LogP contribution in [0.3, 0.4) is 0 Å². The topological polar surface area (TPSA) is 105 Å². The number of aromatic nitrogens is 3. The fraction of sp³-hybridized carbons (Fsp3) is 0.409. The molecule has 0 amide bonds. The van der Waals surface area contributed by atoms with Crippen molar-refractivity contribution in [2.45, 2.75) is 26.6 Å². The molecule has 0 aliphatic heterocycles. The molecule has 2 heterocycles. The SMILES string of the molecule is CCOC(C)(OCC)C(=O)c1c[nH]c2ncc(-c3cc(OC)c(OC)c(OC)c3)nc12. The first-order chi connectivity index (χ1) is 14.9. The van der Waals surface area contributed by atoms with Gasteiger partial charge in [0.05, 0.1) is 38.8 Å². The Morgan fingerprint density at radius 2 is 1.65 bits per heavy atom. The van der Waals surface area contributed by atoms with Gasteiger partial charge in [0.2, 0.25) is 17.3 Å². The van der Waals surface area contributed by atoms with Gasteiger partial charge in [-0.3, -0.25) is 4.79 Å². The molecule has 1 aromatic carbocycles. The van der Waals surface area contributed by atoms with Crippen LogP contribution in [0.25, 0.3) is 22.4 Å². The molecule has 9 nitrogen and oxygen atoms in total. The summed E-state index contributed by atoms with van der Waals surface area (Å²) in [5, 5.41) is 0. The molecule has 166 valence electrons. The highest BCUT2D eigenvalue weighted by molar-refractivity contribution is 6.09. The lowest BCUT2D eigenvalue weighted by molar-refractivity contribution is -0.184. The maximum atomic E-state index is 13.3. The van der Waals surface area contributed by atoms with Gasteiger partial charge in [0.15, 0.2) is 17.1 Å². The maximum absolute atomic E-state index is 13.3. The summed E-state index contributed by atoms with van der Waals surface area (Å²) in [4.78, 5) is 25.4. The van der Waals surface area contributed by atoms with Crippen LogP contribution in [-0.2, 0) is 9.47 Å². The highest BCUT2D eigenvalue weighted by atomic mass is 16.7. The Balaban J connectivity index is 2.11. The quantitative estimate of drug-likeness (QED) is 0.385. The maximum Gasteiger partial charge on any atom is 0.230 e. The standard InChI is InChI=1S/C22H27N3O6/c1-7-30-22(3,31-8-2)20(26)14-11-23-21-18(14)25-15(12-24-21)13-9-16(27-4)19(29-6)17(10-13)28-5/h9-12H,7-8H2,1-6H3,(H,23,24). The monoisotopic (exact) mass is 429 g/mol. The molecule has 0 atom stereocenters. The van der Waals surface area contributed by atoms with Crippen LogP contribution in [0.15, 0.2) is 24.5 Å². The van der Waals surface area contributed by atoms with Crippen LogP contribution in [0.4, 0.5) is 0 Å². The minimum Gasteiger partial charge on any atom is -0.493 e. The van der Waals surface area contributed by atoms with Gasteiger partial charge >= 0.3 is 0 Å². The van der Waals surface area contributed by atoms with Gasteiger partial charge < -0.3 is 28.7 Å². The van der Waals surface area contributed by atoms with E-state index in [0.29, 0.717) is 58.4 Å². The molecule has 2 aromatic heterocycles.